The zero-order valence-corrected chi connectivity index (χ0v) is 16.1. The number of nitrogens with zero attached hydrogens (tertiary/aromatic N) is 1. The lowest BCUT2D eigenvalue weighted by molar-refractivity contribution is -0.118. The van der Waals surface area contributed by atoms with Crippen molar-refractivity contribution in [1.29, 1.82) is 0 Å². The van der Waals surface area contributed by atoms with Crippen LogP contribution in [0.1, 0.15) is 12.8 Å². The van der Waals surface area contributed by atoms with Crippen LogP contribution in [0.2, 0.25) is 10.0 Å². The van der Waals surface area contributed by atoms with Gasteiger partial charge in [0.15, 0.2) is 6.61 Å². The molecule has 1 N–H and O–H groups in total. The summed E-state index contributed by atoms with van der Waals surface area (Å²) < 4.78 is 10.8. The van der Waals surface area contributed by atoms with Crippen molar-refractivity contribution in [3.05, 3.63) is 46.4 Å². The van der Waals surface area contributed by atoms with E-state index in [0.29, 0.717) is 45.9 Å². The number of methoxy groups -OCH3 is 1. The Bertz CT molecular complexity index is 873. The fourth-order valence-corrected chi connectivity index (χ4v) is 3.28. The van der Waals surface area contributed by atoms with E-state index in [9.17, 15) is 9.59 Å². The van der Waals surface area contributed by atoms with Gasteiger partial charge in [-0.15, -0.1) is 0 Å². The summed E-state index contributed by atoms with van der Waals surface area (Å²) >= 11 is 11.9. The first-order valence-electron chi connectivity index (χ1n) is 8.34. The Morgan fingerprint density at radius 1 is 1.19 bits per heavy atom. The van der Waals surface area contributed by atoms with Crippen molar-refractivity contribution >= 4 is 46.4 Å². The minimum atomic E-state index is -0.357. The molecule has 0 saturated carbocycles. The third-order valence-electron chi connectivity index (χ3n) is 4.08. The molecule has 1 aliphatic rings. The molecule has 0 radical (unpaired) electrons. The van der Waals surface area contributed by atoms with E-state index in [4.69, 9.17) is 32.7 Å². The highest BCUT2D eigenvalue weighted by Gasteiger charge is 2.24. The number of rotatable bonds is 6. The predicted molar refractivity (Wildman–Crippen MR) is 105 cm³/mol. The molecule has 0 atom stereocenters. The molecule has 3 rings (SSSR count). The van der Waals surface area contributed by atoms with Crippen molar-refractivity contribution in [1.82, 2.24) is 0 Å². The molecule has 0 aliphatic carbocycles. The van der Waals surface area contributed by atoms with Crippen LogP contribution >= 0.6 is 23.2 Å². The molecule has 27 heavy (non-hydrogen) atoms. The smallest absolute Gasteiger partial charge is 0.262 e. The van der Waals surface area contributed by atoms with Crippen molar-refractivity contribution in [2.45, 2.75) is 12.8 Å². The van der Waals surface area contributed by atoms with E-state index in [1.54, 1.807) is 48.4 Å². The van der Waals surface area contributed by atoms with Crippen LogP contribution in [0.5, 0.6) is 11.5 Å². The number of hydrogen-bond acceptors (Lipinski definition) is 4. The van der Waals surface area contributed by atoms with Crippen molar-refractivity contribution in [2.75, 3.05) is 30.5 Å². The van der Waals surface area contributed by atoms with Crippen LogP contribution in [0.4, 0.5) is 11.4 Å². The third-order valence-corrected chi connectivity index (χ3v) is 4.61. The second-order valence-corrected chi connectivity index (χ2v) is 6.79. The average molecular weight is 409 g/mol. The van der Waals surface area contributed by atoms with Crippen molar-refractivity contribution in [3.63, 3.8) is 0 Å². The molecule has 2 aromatic carbocycles. The molecule has 2 aromatic rings. The molecule has 2 amide bonds. The van der Waals surface area contributed by atoms with Crippen LogP contribution in [-0.2, 0) is 9.59 Å². The van der Waals surface area contributed by atoms with Gasteiger partial charge in [0, 0.05) is 23.7 Å². The molecule has 1 aliphatic heterocycles. The molecule has 6 nitrogen and oxygen atoms in total. The SMILES string of the molecule is COc1ccc(NC(=O)COc2ccc(Cl)cc2Cl)cc1N1CCCC1=O. The van der Waals surface area contributed by atoms with E-state index in [1.807, 2.05) is 0 Å². The molecular weight excluding hydrogens is 391 g/mol. The fourth-order valence-electron chi connectivity index (χ4n) is 2.81. The second-order valence-electron chi connectivity index (χ2n) is 5.95. The van der Waals surface area contributed by atoms with Gasteiger partial charge in [0.2, 0.25) is 5.91 Å². The number of carbonyl (C=O) groups excluding carboxylic acids is 2. The van der Waals surface area contributed by atoms with Gasteiger partial charge in [0.1, 0.15) is 11.5 Å². The highest BCUT2D eigenvalue weighted by molar-refractivity contribution is 6.35. The predicted octanol–water partition coefficient (Wildman–Crippen LogP) is 4.15. The average Bonchev–Trinajstić information content (AvgIpc) is 3.06. The minimum absolute atomic E-state index is 0.0393. The lowest BCUT2D eigenvalue weighted by Crippen LogP contribution is -2.25. The summed E-state index contributed by atoms with van der Waals surface area (Å²) in [5.74, 6) is 0.629. The second kappa shape index (κ2) is 8.50. The lowest BCUT2D eigenvalue weighted by Gasteiger charge is -2.20. The normalized spacial score (nSPS) is 13.6. The van der Waals surface area contributed by atoms with Crippen LogP contribution in [-0.4, -0.2) is 32.1 Å². The topological polar surface area (TPSA) is 67.9 Å². The van der Waals surface area contributed by atoms with E-state index in [-0.39, 0.29) is 18.4 Å². The lowest BCUT2D eigenvalue weighted by atomic mass is 10.2. The molecule has 0 bridgehead atoms. The molecular formula is C19H18Cl2N2O4. The Balaban J connectivity index is 1.67. The molecule has 1 heterocycles. The summed E-state index contributed by atoms with van der Waals surface area (Å²) in [4.78, 5) is 25.9. The Morgan fingerprint density at radius 3 is 2.63 bits per heavy atom. The summed E-state index contributed by atoms with van der Waals surface area (Å²) in [5.41, 5.74) is 1.18. The Morgan fingerprint density at radius 2 is 1.96 bits per heavy atom. The van der Waals surface area contributed by atoms with E-state index < -0.39 is 0 Å². The highest BCUT2D eigenvalue weighted by Crippen LogP contribution is 2.34. The quantitative estimate of drug-likeness (QED) is 0.779. The van der Waals surface area contributed by atoms with Gasteiger partial charge in [-0.2, -0.15) is 0 Å². The zero-order chi connectivity index (χ0) is 19.4. The summed E-state index contributed by atoms with van der Waals surface area (Å²) in [7, 11) is 1.54. The Labute approximate surface area is 167 Å². The van der Waals surface area contributed by atoms with Crippen LogP contribution in [0, 0.1) is 0 Å². The summed E-state index contributed by atoms with van der Waals surface area (Å²) in [5, 5.41) is 3.56. The van der Waals surface area contributed by atoms with E-state index in [2.05, 4.69) is 5.32 Å². The van der Waals surface area contributed by atoms with Gasteiger partial charge in [-0.25, -0.2) is 0 Å². The van der Waals surface area contributed by atoms with Gasteiger partial charge in [0.05, 0.1) is 17.8 Å². The maximum Gasteiger partial charge on any atom is 0.262 e. The number of amides is 2. The van der Waals surface area contributed by atoms with Gasteiger partial charge >= 0.3 is 0 Å². The summed E-state index contributed by atoms with van der Waals surface area (Å²) in [6.45, 7) is 0.413. The van der Waals surface area contributed by atoms with Crippen LogP contribution < -0.4 is 19.7 Å². The largest absolute Gasteiger partial charge is 0.495 e. The first kappa shape index (κ1) is 19.3. The molecule has 142 valence electrons. The highest BCUT2D eigenvalue weighted by atomic mass is 35.5. The maximum absolute atomic E-state index is 12.2. The molecule has 1 fully saturated rings. The van der Waals surface area contributed by atoms with E-state index >= 15 is 0 Å². The third kappa shape index (κ3) is 4.64. The number of hydrogen-bond donors (Lipinski definition) is 1. The molecule has 0 spiro atoms. The van der Waals surface area contributed by atoms with Gasteiger partial charge in [0.25, 0.3) is 5.91 Å². The fraction of sp³-hybridized carbons (Fsp3) is 0.263. The minimum Gasteiger partial charge on any atom is -0.495 e. The molecule has 0 aromatic heterocycles. The van der Waals surface area contributed by atoms with Gasteiger partial charge in [-0.3, -0.25) is 9.59 Å². The van der Waals surface area contributed by atoms with Crippen LogP contribution in [0.25, 0.3) is 0 Å². The molecule has 8 heteroatoms. The van der Waals surface area contributed by atoms with Gasteiger partial charge in [-0.05, 0) is 42.8 Å². The van der Waals surface area contributed by atoms with Crippen LogP contribution in [0.15, 0.2) is 36.4 Å². The standard InChI is InChI=1S/C19H18Cl2N2O4/c1-26-17-7-5-13(10-15(17)23-8-2-3-19(23)25)22-18(24)11-27-16-6-4-12(20)9-14(16)21/h4-7,9-10H,2-3,8,11H2,1H3,(H,22,24). The Hall–Kier alpha value is -2.44. The Kier molecular flexibility index (Phi) is 6.08. The van der Waals surface area contributed by atoms with Crippen molar-refractivity contribution in [2.24, 2.45) is 0 Å². The summed E-state index contributed by atoms with van der Waals surface area (Å²) in [6, 6.07) is 9.91. The first-order chi connectivity index (χ1) is 13.0. The van der Waals surface area contributed by atoms with Crippen molar-refractivity contribution < 1.29 is 19.1 Å². The van der Waals surface area contributed by atoms with Crippen molar-refractivity contribution in [3.8, 4) is 11.5 Å². The number of nitrogens with one attached hydrogen (secondary N) is 1. The number of ether oxygens (including phenoxy) is 2. The van der Waals surface area contributed by atoms with E-state index in [1.165, 1.54) is 0 Å². The van der Waals surface area contributed by atoms with Crippen LogP contribution in [0.3, 0.4) is 0 Å². The number of anilines is 2. The molecule has 1 saturated heterocycles. The first-order valence-corrected chi connectivity index (χ1v) is 9.09. The number of halogens is 2. The molecule has 0 unspecified atom stereocenters. The monoisotopic (exact) mass is 408 g/mol. The number of benzene rings is 2. The van der Waals surface area contributed by atoms with E-state index in [0.717, 1.165) is 6.42 Å². The summed E-state index contributed by atoms with van der Waals surface area (Å²) in [6.07, 6.45) is 1.31. The zero-order valence-electron chi connectivity index (χ0n) is 14.6. The number of carbonyl (C=O) groups is 2. The van der Waals surface area contributed by atoms with Gasteiger partial charge < -0.3 is 19.7 Å². The van der Waals surface area contributed by atoms with Gasteiger partial charge in [-0.1, -0.05) is 23.2 Å². The maximum atomic E-state index is 12.2.